The summed E-state index contributed by atoms with van der Waals surface area (Å²) in [6, 6.07) is 76.0. The molecule has 0 radical (unpaired) electrons. The Bertz CT molecular complexity index is 3610. The molecular formula is C66H54N4. The fourth-order valence-corrected chi connectivity index (χ4v) is 11.0. The molecule has 10 aromatic carbocycles. The molecule has 0 saturated carbocycles. The Hall–Kier alpha value is -8.47. The maximum Gasteiger partial charge on any atom is 0.238 e. The van der Waals surface area contributed by atoms with E-state index in [2.05, 4.69) is 241 Å². The second-order valence-electron chi connectivity index (χ2n) is 18.7. The van der Waals surface area contributed by atoms with Gasteiger partial charge in [-0.15, -0.1) is 0 Å². The van der Waals surface area contributed by atoms with E-state index in [4.69, 9.17) is 15.0 Å². The predicted octanol–water partition coefficient (Wildman–Crippen LogP) is 17.3. The maximum atomic E-state index is 5.58. The number of aryl methyl sites for hydroxylation is 6. The molecule has 70 heavy (non-hydrogen) atoms. The van der Waals surface area contributed by atoms with Crippen LogP contribution in [-0.2, 0) is 0 Å². The zero-order valence-electron chi connectivity index (χ0n) is 40.6. The van der Waals surface area contributed by atoms with Crippen molar-refractivity contribution in [3.05, 3.63) is 262 Å². The van der Waals surface area contributed by atoms with Gasteiger partial charge in [0.05, 0.1) is 5.69 Å². The number of anilines is 3. The minimum atomic E-state index is -0.0171. The lowest BCUT2D eigenvalue weighted by Crippen LogP contribution is -2.17. The molecule has 1 heterocycles. The average molecular weight is 903 g/mol. The van der Waals surface area contributed by atoms with Gasteiger partial charge in [0.25, 0.3) is 0 Å². The first-order valence-corrected chi connectivity index (χ1v) is 24.2. The summed E-state index contributed by atoms with van der Waals surface area (Å²) < 4.78 is 0. The summed E-state index contributed by atoms with van der Waals surface area (Å²) >= 11 is 0. The third-order valence-electron chi connectivity index (χ3n) is 13.9. The van der Waals surface area contributed by atoms with E-state index in [-0.39, 0.29) is 5.92 Å². The summed E-state index contributed by atoms with van der Waals surface area (Å²) in [5, 5.41) is 4.56. The molecular weight excluding hydrogens is 849 g/mol. The fourth-order valence-electron chi connectivity index (χ4n) is 11.0. The Kier molecular flexibility index (Phi) is 11.7. The van der Waals surface area contributed by atoms with E-state index in [0.29, 0.717) is 17.6 Å². The third-order valence-corrected chi connectivity index (χ3v) is 13.9. The monoisotopic (exact) mass is 902 g/mol. The van der Waals surface area contributed by atoms with Crippen molar-refractivity contribution in [2.75, 3.05) is 4.90 Å². The van der Waals surface area contributed by atoms with Gasteiger partial charge in [0.15, 0.2) is 11.6 Å². The van der Waals surface area contributed by atoms with E-state index >= 15 is 0 Å². The lowest BCUT2D eigenvalue weighted by Gasteiger charge is -2.30. The second-order valence-corrected chi connectivity index (χ2v) is 18.7. The second kappa shape index (κ2) is 18.6. The molecule has 0 spiro atoms. The van der Waals surface area contributed by atoms with E-state index in [1.54, 1.807) is 0 Å². The van der Waals surface area contributed by atoms with Gasteiger partial charge in [0, 0.05) is 33.7 Å². The number of benzene rings is 10. The van der Waals surface area contributed by atoms with E-state index < -0.39 is 0 Å². The number of fused-ring (bicyclic) bond motifs is 2. The summed E-state index contributed by atoms with van der Waals surface area (Å²) in [5.41, 5.74) is 19.9. The van der Waals surface area contributed by atoms with Crippen LogP contribution in [0.15, 0.2) is 212 Å². The van der Waals surface area contributed by atoms with Crippen LogP contribution in [0.1, 0.15) is 56.0 Å². The Morgan fingerprint density at radius 3 is 1.46 bits per heavy atom. The Morgan fingerprint density at radius 2 is 0.857 bits per heavy atom. The highest BCUT2D eigenvalue weighted by Gasteiger charge is 2.29. The van der Waals surface area contributed by atoms with Gasteiger partial charge >= 0.3 is 0 Å². The SMILES string of the molecule is Cc1cc(C)c(C(c2c(C)cc(C)cc2C)c2ccc(N(c3ccc(-c4ccccc4)cc3)c3nc(-c4ccccc4)nc(-c4ccc5ccccc5c4-c4ccccc4)n3)c3ccccc23)c(C)c1. The Labute approximate surface area is 411 Å². The molecule has 4 heteroatoms. The molecule has 11 rings (SSSR count). The molecule has 0 aliphatic carbocycles. The lowest BCUT2D eigenvalue weighted by molar-refractivity contribution is 0.927. The van der Waals surface area contributed by atoms with Crippen LogP contribution in [0.3, 0.4) is 0 Å². The van der Waals surface area contributed by atoms with Crippen LogP contribution >= 0.6 is 0 Å². The molecule has 0 N–H and O–H groups in total. The maximum absolute atomic E-state index is 5.58. The molecule has 0 aliphatic rings. The number of hydrogen-bond acceptors (Lipinski definition) is 4. The number of aromatic nitrogens is 3. The summed E-state index contributed by atoms with van der Waals surface area (Å²) in [4.78, 5) is 18.6. The molecule has 0 aliphatic heterocycles. The first kappa shape index (κ1) is 44.1. The highest BCUT2D eigenvalue weighted by Crippen LogP contribution is 2.47. The topological polar surface area (TPSA) is 41.9 Å². The van der Waals surface area contributed by atoms with Gasteiger partial charge in [0.1, 0.15) is 0 Å². The molecule has 1 aromatic heterocycles. The van der Waals surface area contributed by atoms with Crippen molar-refractivity contribution in [3.8, 4) is 45.0 Å². The number of hydrogen-bond donors (Lipinski definition) is 0. The standard InChI is InChI=1S/C66H54N4/c1-42-38-44(3)60(45(4)39-42)63(61-46(5)40-43(2)41-47(61)6)57-36-37-59(56-29-19-18-28-55(56)57)70(53-33-30-49(31-34-53)48-20-10-7-11-21-48)66-68-64(52-25-14-9-15-26-52)67-65(69-66)58-35-32-50-22-16-17-27-54(50)62(58)51-23-12-8-13-24-51/h7-41,63H,1-6H3. The molecule has 0 unspecified atom stereocenters. The van der Waals surface area contributed by atoms with Crippen LogP contribution in [-0.4, -0.2) is 15.0 Å². The van der Waals surface area contributed by atoms with Crippen molar-refractivity contribution in [1.82, 2.24) is 15.0 Å². The van der Waals surface area contributed by atoms with E-state index in [1.807, 2.05) is 18.2 Å². The van der Waals surface area contributed by atoms with Crippen LogP contribution in [0.25, 0.3) is 66.6 Å². The molecule has 11 aromatic rings. The van der Waals surface area contributed by atoms with Gasteiger partial charge in [-0.25, -0.2) is 4.98 Å². The van der Waals surface area contributed by atoms with Gasteiger partial charge in [0.2, 0.25) is 5.95 Å². The molecule has 0 amide bonds. The van der Waals surface area contributed by atoms with Gasteiger partial charge in [-0.2, -0.15) is 9.97 Å². The Balaban J connectivity index is 1.20. The smallest absolute Gasteiger partial charge is 0.238 e. The predicted molar refractivity (Wildman–Crippen MR) is 294 cm³/mol. The van der Waals surface area contributed by atoms with Crippen molar-refractivity contribution < 1.29 is 0 Å². The van der Waals surface area contributed by atoms with Gasteiger partial charge in [-0.05, 0) is 138 Å². The van der Waals surface area contributed by atoms with Crippen LogP contribution in [0.2, 0.25) is 0 Å². The zero-order chi connectivity index (χ0) is 47.9. The average Bonchev–Trinajstić information content (AvgIpc) is 3.38. The summed E-state index contributed by atoms with van der Waals surface area (Å²) in [7, 11) is 0. The van der Waals surface area contributed by atoms with Crippen molar-refractivity contribution in [3.63, 3.8) is 0 Å². The third kappa shape index (κ3) is 8.22. The molecule has 0 bridgehead atoms. The highest BCUT2D eigenvalue weighted by molar-refractivity contribution is 6.04. The fraction of sp³-hybridized carbons (Fsp3) is 0.106. The molecule has 0 atom stereocenters. The first-order chi connectivity index (χ1) is 34.2. The van der Waals surface area contributed by atoms with Crippen LogP contribution in [0.5, 0.6) is 0 Å². The quantitative estimate of drug-likeness (QED) is 0.128. The molecule has 338 valence electrons. The van der Waals surface area contributed by atoms with E-state index in [1.165, 1.54) is 55.5 Å². The van der Waals surface area contributed by atoms with Gasteiger partial charge < -0.3 is 0 Å². The van der Waals surface area contributed by atoms with Crippen LogP contribution in [0, 0.1) is 41.5 Å². The number of rotatable bonds is 10. The van der Waals surface area contributed by atoms with Crippen LogP contribution < -0.4 is 4.90 Å². The van der Waals surface area contributed by atoms with Gasteiger partial charge in [-0.1, -0.05) is 199 Å². The minimum Gasteiger partial charge on any atom is -0.278 e. The van der Waals surface area contributed by atoms with Crippen molar-refractivity contribution in [2.24, 2.45) is 0 Å². The van der Waals surface area contributed by atoms with Crippen molar-refractivity contribution in [2.45, 2.75) is 47.5 Å². The normalized spacial score (nSPS) is 11.4. The minimum absolute atomic E-state index is 0.0171. The van der Waals surface area contributed by atoms with E-state index in [9.17, 15) is 0 Å². The van der Waals surface area contributed by atoms with Crippen molar-refractivity contribution in [1.29, 1.82) is 0 Å². The van der Waals surface area contributed by atoms with Gasteiger partial charge in [-0.3, -0.25) is 4.90 Å². The van der Waals surface area contributed by atoms with Crippen molar-refractivity contribution >= 4 is 38.9 Å². The summed E-state index contributed by atoms with van der Waals surface area (Å²) in [5.74, 6) is 1.69. The number of nitrogens with zero attached hydrogens (tertiary/aromatic N) is 4. The Morgan fingerprint density at radius 1 is 0.371 bits per heavy atom. The summed E-state index contributed by atoms with van der Waals surface area (Å²) in [6.07, 6.45) is 0. The highest BCUT2D eigenvalue weighted by atomic mass is 15.3. The molecule has 4 nitrogen and oxygen atoms in total. The largest absolute Gasteiger partial charge is 0.278 e. The lowest BCUT2D eigenvalue weighted by atomic mass is 9.75. The molecule has 0 saturated heterocycles. The zero-order valence-corrected chi connectivity index (χ0v) is 40.6. The van der Waals surface area contributed by atoms with E-state index in [0.717, 1.165) is 60.9 Å². The summed E-state index contributed by atoms with van der Waals surface area (Å²) in [6.45, 7) is 13.5. The van der Waals surface area contributed by atoms with Crippen LogP contribution in [0.4, 0.5) is 17.3 Å². The first-order valence-electron chi connectivity index (χ1n) is 24.2. The molecule has 0 fully saturated rings.